The van der Waals surface area contributed by atoms with Gasteiger partial charge in [-0.05, 0) is 43.0 Å². The summed E-state index contributed by atoms with van der Waals surface area (Å²) >= 11 is 0. The number of aryl methyl sites for hydroxylation is 1. The van der Waals surface area contributed by atoms with Gasteiger partial charge in [0.15, 0.2) is 0 Å². The summed E-state index contributed by atoms with van der Waals surface area (Å²) in [5, 5.41) is 3.27. The van der Waals surface area contributed by atoms with Crippen LogP contribution in [0.25, 0.3) is 0 Å². The summed E-state index contributed by atoms with van der Waals surface area (Å²) in [7, 11) is 0. The Hall–Kier alpha value is -1.42. The molecule has 0 heterocycles. The largest absolute Gasteiger partial charge is 0.372 e. The zero-order valence-electron chi connectivity index (χ0n) is 10.7. The number of rotatable bonds is 5. The lowest BCUT2D eigenvalue weighted by molar-refractivity contribution is 0.624. The van der Waals surface area contributed by atoms with Crippen LogP contribution in [0.1, 0.15) is 24.0 Å². The molecule has 0 aromatic heterocycles. The van der Waals surface area contributed by atoms with E-state index in [9.17, 15) is 4.39 Å². The van der Waals surface area contributed by atoms with Gasteiger partial charge in [0.25, 0.3) is 0 Å². The molecular weight excluding hydrogens is 229 g/mol. The van der Waals surface area contributed by atoms with Crippen LogP contribution in [0.3, 0.4) is 0 Å². The van der Waals surface area contributed by atoms with Crippen molar-refractivity contribution in [3.63, 3.8) is 0 Å². The predicted octanol–water partition coefficient (Wildman–Crippen LogP) is 1.99. The molecule has 0 amide bonds. The molecule has 0 saturated heterocycles. The van der Waals surface area contributed by atoms with Gasteiger partial charge in [-0.15, -0.1) is 0 Å². The molecule has 0 bridgehead atoms. The molecule has 0 radical (unpaired) electrons. The second-order valence-corrected chi connectivity index (χ2v) is 4.76. The van der Waals surface area contributed by atoms with E-state index in [1.54, 1.807) is 12.1 Å². The highest BCUT2D eigenvalue weighted by atomic mass is 19.1. The van der Waals surface area contributed by atoms with Gasteiger partial charge >= 0.3 is 0 Å². The highest BCUT2D eigenvalue weighted by Crippen LogP contribution is 2.30. The van der Waals surface area contributed by atoms with Crippen LogP contribution >= 0.6 is 0 Å². The van der Waals surface area contributed by atoms with Crippen molar-refractivity contribution in [2.75, 3.05) is 13.1 Å². The van der Waals surface area contributed by atoms with Gasteiger partial charge in [0, 0.05) is 19.0 Å². The van der Waals surface area contributed by atoms with E-state index >= 15 is 0 Å². The Morgan fingerprint density at radius 2 is 2.28 bits per heavy atom. The Morgan fingerprint density at radius 3 is 2.94 bits per heavy atom. The van der Waals surface area contributed by atoms with E-state index in [-0.39, 0.29) is 5.82 Å². The highest BCUT2D eigenvalue weighted by molar-refractivity contribution is 5.86. The van der Waals surface area contributed by atoms with Gasteiger partial charge in [0.2, 0.25) is 0 Å². The van der Waals surface area contributed by atoms with E-state index in [1.807, 2.05) is 6.92 Å². The summed E-state index contributed by atoms with van der Waals surface area (Å²) in [6.45, 7) is 3.86. The number of aliphatic imine (C=N–C) groups is 1. The molecule has 0 spiro atoms. The predicted molar refractivity (Wildman–Crippen MR) is 72.1 cm³/mol. The minimum absolute atomic E-state index is 0.200. The zero-order chi connectivity index (χ0) is 13.0. The molecule has 1 fully saturated rings. The average Bonchev–Trinajstić information content (AvgIpc) is 3.17. The summed E-state index contributed by atoms with van der Waals surface area (Å²) in [5.41, 5.74) is 7.51. The minimum Gasteiger partial charge on any atom is -0.372 e. The van der Waals surface area contributed by atoms with Crippen LogP contribution in [0.2, 0.25) is 0 Å². The fraction of sp³-hybridized carbons (Fsp3) is 0.500. The van der Waals surface area contributed by atoms with E-state index in [0.29, 0.717) is 19.0 Å². The van der Waals surface area contributed by atoms with Crippen molar-refractivity contribution in [1.82, 2.24) is 5.32 Å². The summed E-state index contributed by atoms with van der Waals surface area (Å²) in [5.74, 6) is 1.39. The van der Waals surface area contributed by atoms with Crippen LogP contribution in [0, 0.1) is 18.7 Å². The van der Waals surface area contributed by atoms with Gasteiger partial charge < -0.3 is 11.1 Å². The van der Waals surface area contributed by atoms with Crippen LogP contribution in [-0.4, -0.2) is 18.9 Å². The highest BCUT2D eigenvalue weighted by Gasteiger charge is 2.27. The lowest BCUT2D eigenvalue weighted by Gasteiger charge is -2.09. The smallest absolute Gasteiger partial charge is 0.123 e. The molecule has 0 aliphatic heterocycles. The molecule has 4 heteroatoms. The van der Waals surface area contributed by atoms with Crippen molar-refractivity contribution >= 4 is 5.84 Å². The fourth-order valence-corrected chi connectivity index (χ4v) is 1.87. The van der Waals surface area contributed by atoms with Crippen molar-refractivity contribution in [2.45, 2.75) is 26.3 Å². The first-order valence-corrected chi connectivity index (χ1v) is 6.44. The minimum atomic E-state index is -0.200. The molecule has 1 saturated carbocycles. The normalized spacial score (nSPS) is 15.8. The first kappa shape index (κ1) is 13.0. The van der Waals surface area contributed by atoms with Gasteiger partial charge in [-0.2, -0.15) is 0 Å². The Morgan fingerprint density at radius 1 is 1.50 bits per heavy atom. The lowest BCUT2D eigenvalue weighted by atomic mass is 10.1. The molecule has 0 atom stereocenters. The lowest BCUT2D eigenvalue weighted by Crippen LogP contribution is -2.30. The van der Waals surface area contributed by atoms with E-state index in [0.717, 1.165) is 23.5 Å². The Labute approximate surface area is 107 Å². The molecule has 1 aliphatic rings. The van der Waals surface area contributed by atoms with Crippen LogP contribution in [-0.2, 0) is 6.54 Å². The molecule has 3 nitrogen and oxygen atoms in total. The second-order valence-electron chi connectivity index (χ2n) is 4.76. The number of hydrogen-bond acceptors (Lipinski definition) is 2. The maximum atomic E-state index is 13.2. The molecule has 2 rings (SSSR count). The molecule has 18 heavy (non-hydrogen) atoms. The van der Waals surface area contributed by atoms with Gasteiger partial charge in [0.05, 0.1) is 12.4 Å². The van der Waals surface area contributed by atoms with Crippen molar-refractivity contribution < 1.29 is 4.39 Å². The van der Waals surface area contributed by atoms with Gasteiger partial charge in [-0.1, -0.05) is 6.07 Å². The maximum Gasteiger partial charge on any atom is 0.123 e. The van der Waals surface area contributed by atoms with Crippen LogP contribution < -0.4 is 11.1 Å². The first-order valence-electron chi connectivity index (χ1n) is 6.44. The standard InChI is InChI=1S/C14H20FN3/c1-10-2-5-13(15)8-12(10)9-18-14(11-3-4-11)17-7-6-16/h2,5,8,11H,3-4,6-7,9,16H2,1H3,(H,17,18). The van der Waals surface area contributed by atoms with E-state index < -0.39 is 0 Å². The summed E-state index contributed by atoms with van der Waals surface area (Å²) in [6.07, 6.45) is 2.39. The van der Waals surface area contributed by atoms with Crippen molar-refractivity contribution in [3.8, 4) is 0 Å². The van der Waals surface area contributed by atoms with E-state index in [4.69, 9.17) is 5.73 Å². The Kier molecular flexibility index (Phi) is 4.31. The molecule has 3 N–H and O–H groups in total. The van der Waals surface area contributed by atoms with Gasteiger partial charge in [0.1, 0.15) is 5.82 Å². The maximum absolute atomic E-state index is 13.2. The molecule has 98 valence electrons. The topological polar surface area (TPSA) is 50.4 Å². The second kappa shape index (κ2) is 5.96. The van der Waals surface area contributed by atoms with Crippen molar-refractivity contribution in [2.24, 2.45) is 16.6 Å². The van der Waals surface area contributed by atoms with E-state index in [2.05, 4.69) is 10.3 Å². The third kappa shape index (κ3) is 3.53. The number of benzene rings is 1. The first-order chi connectivity index (χ1) is 8.70. The van der Waals surface area contributed by atoms with Crippen LogP contribution in [0.4, 0.5) is 4.39 Å². The van der Waals surface area contributed by atoms with Crippen molar-refractivity contribution in [1.29, 1.82) is 0 Å². The van der Waals surface area contributed by atoms with Crippen molar-refractivity contribution in [3.05, 3.63) is 35.1 Å². The van der Waals surface area contributed by atoms with Gasteiger partial charge in [-0.25, -0.2) is 4.39 Å². The number of nitrogens with one attached hydrogen (secondary N) is 1. The van der Waals surface area contributed by atoms with Gasteiger partial charge in [-0.3, -0.25) is 4.99 Å². The summed E-state index contributed by atoms with van der Waals surface area (Å²) < 4.78 is 13.2. The zero-order valence-corrected chi connectivity index (χ0v) is 10.7. The van der Waals surface area contributed by atoms with Crippen LogP contribution in [0.5, 0.6) is 0 Å². The summed E-state index contributed by atoms with van der Waals surface area (Å²) in [4.78, 5) is 4.58. The fourth-order valence-electron chi connectivity index (χ4n) is 1.87. The molecule has 1 aliphatic carbocycles. The Balaban J connectivity index is 2.04. The van der Waals surface area contributed by atoms with Crippen LogP contribution in [0.15, 0.2) is 23.2 Å². The molecule has 1 aromatic rings. The number of hydrogen-bond donors (Lipinski definition) is 2. The Bertz CT molecular complexity index is 439. The SMILES string of the molecule is Cc1ccc(F)cc1CN=C(NCCN)C1CC1. The monoisotopic (exact) mass is 249 g/mol. The number of nitrogens with two attached hydrogens (primary N) is 1. The average molecular weight is 249 g/mol. The quantitative estimate of drug-likeness (QED) is 0.619. The molecule has 1 aromatic carbocycles. The number of nitrogens with zero attached hydrogens (tertiary/aromatic N) is 1. The third-order valence-corrected chi connectivity index (χ3v) is 3.15. The number of amidine groups is 1. The number of halogens is 1. The summed E-state index contributed by atoms with van der Waals surface area (Å²) in [6, 6.07) is 4.84. The third-order valence-electron chi connectivity index (χ3n) is 3.15. The van der Waals surface area contributed by atoms with E-state index in [1.165, 1.54) is 18.9 Å². The molecule has 0 unspecified atom stereocenters. The molecular formula is C14H20FN3.